The van der Waals surface area contributed by atoms with Crippen molar-refractivity contribution in [2.45, 2.75) is 10.6 Å². The molecule has 17 heavy (non-hydrogen) atoms. The van der Waals surface area contributed by atoms with Crippen molar-refractivity contribution in [2.24, 2.45) is 0 Å². The van der Waals surface area contributed by atoms with E-state index in [1.807, 2.05) is 0 Å². The van der Waals surface area contributed by atoms with E-state index in [-0.39, 0.29) is 5.56 Å². The molecule has 1 aromatic rings. The summed E-state index contributed by atoms with van der Waals surface area (Å²) in [5.41, 5.74) is -0.310. The zero-order chi connectivity index (χ0) is 13.4. The molecule has 0 amide bonds. The van der Waals surface area contributed by atoms with Crippen LogP contribution >= 0.6 is 0 Å². The molecule has 1 aromatic carbocycles. The molecule has 1 rings (SSSR count). The van der Waals surface area contributed by atoms with Gasteiger partial charge in [0.05, 0.1) is 0 Å². The predicted octanol–water partition coefficient (Wildman–Crippen LogP) is -0.268. The summed E-state index contributed by atoms with van der Waals surface area (Å²) in [6, 6.07) is 1.37. The number of phenols is 2. The van der Waals surface area contributed by atoms with Crippen LogP contribution in [-0.2, 0) is 26.0 Å². The van der Waals surface area contributed by atoms with Crippen molar-refractivity contribution in [2.75, 3.05) is 0 Å². The average Bonchev–Trinajstić information content (AvgIpc) is 2.06. The van der Waals surface area contributed by atoms with Crippen LogP contribution in [0.2, 0.25) is 0 Å². The minimum atomic E-state index is -4.82. The molecule has 0 saturated heterocycles. The third-order valence-corrected chi connectivity index (χ3v) is 3.31. The Bertz CT molecular complexity index is 643. The lowest BCUT2D eigenvalue weighted by Crippen LogP contribution is -2.04. The Labute approximate surface area is 96.6 Å². The predicted molar refractivity (Wildman–Crippen MR) is 54.8 cm³/mol. The van der Waals surface area contributed by atoms with Gasteiger partial charge < -0.3 is 10.2 Å². The number of benzene rings is 1. The maximum Gasteiger partial charge on any atom is 0.298 e. The van der Waals surface area contributed by atoms with Crippen LogP contribution < -0.4 is 0 Å². The zero-order valence-corrected chi connectivity index (χ0v) is 9.73. The summed E-state index contributed by atoms with van der Waals surface area (Å²) < 4.78 is 60.0. The van der Waals surface area contributed by atoms with Gasteiger partial charge >= 0.3 is 0 Å². The third-order valence-electron chi connectivity index (χ3n) is 1.74. The largest absolute Gasteiger partial charge is 0.504 e. The van der Waals surface area contributed by atoms with Crippen LogP contribution in [0.4, 0.5) is 0 Å². The number of phenolic OH excluding ortho intramolecular Hbond substituents is 2. The highest BCUT2D eigenvalue weighted by Gasteiger charge is 2.21. The van der Waals surface area contributed by atoms with Gasteiger partial charge in [0.1, 0.15) is 10.6 Å². The molecule has 8 nitrogen and oxygen atoms in total. The SMILES string of the molecule is O=S(=O)(O)Cc1cc(O)c(O)c(S(=O)(=O)O)c1. The first-order chi connectivity index (χ1) is 7.50. The fraction of sp³-hybridized carbons (Fsp3) is 0.143. The maximum absolute atomic E-state index is 10.8. The van der Waals surface area contributed by atoms with Crippen LogP contribution in [0.5, 0.6) is 11.5 Å². The first-order valence-electron chi connectivity index (χ1n) is 3.98. The summed E-state index contributed by atoms with van der Waals surface area (Å²) in [5.74, 6) is -3.01. The highest BCUT2D eigenvalue weighted by atomic mass is 32.2. The van der Waals surface area contributed by atoms with E-state index in [0.29, 0.717) is 6.07 Å². The standard InChI is InChI=1S/C7H8O8S2/c8-5-1-4(3-16(10,11)12)2-6(7(5)9)17(13,14)15/h1-2,8-9H,3H2,(H,10,11,12)(H,13,14,15). The molecule has 0 aliphatic rings. The van der Waals surface area contributed by atoms with Crippen LogP contribution in [0.1, 0.15) is 5.56 Å². The van der Waals surface area contributed by atoms with Gasteiger partial charge in [-0.2, -0.15) is 16.8 Å². The molecule has 4 N–H and O–H groups in total. The summed E-state index contributed by atoms with van der Waals surface area (Å²) >= 11 is 0. The van der Waals surface area contributed by atoms with Gasteiger partial charge in [-0.15, -0.1) is 0 Å². The average molecular weight is 284 g/mol. The van der Waals surface area contributed by atoms with Gasteiger partial charge in [0.25, 0.3) is 20.2 Å². The number of rotatable bonds is 3. The fourth-order valence-electron chi connectivity index (χ4n) is 1.14. The molecule has 0 bridgehead atoms. The molecule has 0 unspecified atom stereocenters. The van der Waals surface area contributed by atoms with Gasteiger partial charge in [0.15, 0.2) is 11.5 Å². The molecular formula is C7H8O8S2. The van der Waals surface area contributed by atoms with Crippen LogP contribution in [0.25, 0.3) is 0 Å². The molecule has 0 spiro atoms. The minimum absolute atomic E-state index is 0.310. The van der Waals surface area contributed by atoms with E-state index in [4.69, 9.17) is 19.3 Å². The summed E-state index contributed by atoms with van der Waals surface area (Å²) in [6.07, 6.45) is 0. The molecule has 0 fully saturated rings. The van der Waals surface area contributed by atoms with Crippen molar-refractivity contribution in [3.8, 4) is 11.5 Å². The van der Waals surface area contributed by atoms with Gasteiger partial charge in [-0.05, 0) is 17.7 Å². The van der Waals surface area contributed by atoms with Gasteiger partial charge in [-0.25, -0.2) is 0 Å². The Balaban J connectivity index is 3.45. The van der Waals surface area contributed by atoms with Crippen molar-refractivity contribution in [3.63, 3.8) is 0 Å². The number of aromatic hydroxyl groups is 2. The summed E-state index contributed by atoms with van der Waals surface area (Å²) in [7, 11) is -9.26. The van der Waals surface area contributed by atoms with E-state index in [0.717, 1.165) is 6.07 Å². The molecule has 0 atom stereocenters. The fourth-order valence-corrected chi connectivity index (χ4v) is 2.38. The normalized spacial score (nSPS) is 12.6. The highest BCUT2D eigenvalue weighted by molar-refractivity contribution is 7.86. The van der Waals surface area contributed by atoms with E-state index in [1.165, 1.54) is 0 Å². The van der Waals surface area contributed by atoms with E-state index < -0.39 is 42.4 Å². The van der Waals surface area contributed by atoms with Gasteiger partial charge in [-0.3, -0.25) is 9.11 Å². The zero-order valence-electron chi connectivity index (χ0n) is 8.10. The van der Waals surface area contributed by atoms with E-state index in [2.05, 4.69) is 0 Å². The molecule has 0 aliphatic heterocycles. The van der Waals surface area contributed by atoms with Crippen molar-refractivity contribution < 1.29 is 36.2 Å². The lowest BCUT2D eigenvalue weighted by Gasteiger charge is -2.06. The quantitative estimate of drug-likeness (QED) is 0.437. The second kappa shape index (κ2) is 4.14. The number of hydrogen-bond acceptors (Lipinski definition) is 6. The highest BCUT2D eigenvalue weighted by Crippen LogP contribution is 2.33. The Hall–Kier alpha value is -1.36. The van der Waals surface area contributed by atoms with Gasteiger partial charge in [-0.1, -0.05) is 0 Å². The smallest absolute Gasteiger partial charge is 0.298 e. The Morgan fingerprint density at radius 3 is 1.94 bits per heavy atom. The van der Waals surface area contributed by atoms with Crippen molar-refractivity contribution >= 4 is 20.2 Å². The lowest BCUT2D eigenvalue weighted by atomic mass is 10.2. The molecule has 96 valence electrons. The van der Waals surface area contributed by atoms with E-state index in [9.17, 15) is 16.8 Å². The van der Waals surface area contributed by atoms with Crippen molar-refractivity contribution in [3.05, 3.63) is 17.7 Å². The molecule has 0 radical (unpaired) electrons. The van der Waals surface area contributed by atoms with Crippen LogP contribution in [0.15, 0.2) is 17.0 Å². The monoisotopic (exact) mass is 284 g/mol. The Kier molecular flexibility index (Phi) is 3.34. The molecule has 10 heteroatoms. The topological polar surface area (TPSA) is 149 Å². The summed E-state index contributed by atoms with van der Waals surface area (Å²) in [5, 5.41) is 18.3. The van der Waals surface area contributed by atoms with Crippen molar-refractivity contribution in [1.82, 2.24) is 0 Å². The molecule has 0 heterocycles. The molecule has 0 saturated carbocycles. The van der Waals surface area contributed by atoms with Gasteiger partial charge in [0.2, 0.25) is 0 Å². The van der Waals surface area contributed by atoms with Crippen LogP contribution in [-0.4, -0.2) is 36.2 Å². The first kappa shape index (κ1) is 13.7. The Morgan fingerprint density at radius 1 is 1.00 bits per heavy atom. The van der Waals surface area contributed by atoms with Crippen LogP contribution in [0, 0.1) is 0 Å². The van der Waals surface area contributed by atoms with Crippen molar-refractivity contribution in [1.29, 1.82) is 0 Å². The Morgan fingerprint density at radius 2 is 1.53 bits per heavy atom. The number of hydrogen-bond donors (Lipinski definition) is 4. The van der Waals surface area contributed by atoms with E-state index in [1.54, 1.807) is 0 Å². The minimum Gasteiger partial charge on any atom is -0.504 e. The lowest BCUT2D eigenvalue weighted by molar-refractivity contribution is 0.388. The van der Waals surface area contributed by atoms with E-state index >= 15 is 0 Å². The maximum atomic E-state index is 10.8. The molecule has 0 aliphatic carbocycles. The first-order valence-corrected chi connectivity index (χ1v) is 7.03. The van der Waals surface area contributed by atoms with Crippen LogP contribution in [0.3, 0.4) is 0 Å². The molecule has 0 aromatic heterocycles. The summed E-state index contributed by atoms with van der Waals surface area (Å²) in [4.78, 5) is -1.05. The second-order valence-corrected chi connectivity index (χ2v) is 6.01. The third kappa shape index (κ3) is 3.56. The summed E-state index contributed by atoms with van der Waals surface area (Å²) in [6.45, 7) is 0. The molecular weight excluding hydrogens is 276 g/mol. The second-order valence-electron chi connectivity index (χ2n) is 3.16. The van der Waals surface area contributed by atoms with Gasteiger partial charge in [0, 0.05) is 0 Å².